The Hall–Kier alpha value is -0.0600. The van der Waals surface area contributed by atoms with Crippen molar-refractivity contribution < 1.29 is 4.79 Å². The van der Waals surface area contributed by atoms with Gasteiger partial charge in [0.2, 0.25) is 5.12 Å². The smallest absolute Gasteiger partial charge is 0.204 e. The molecule has 1 spiro atoms. The standard InChI is InChI=1S/C9H16N2OS/c1-10-5-3-4-9(7-10)11(2)6-8(12)13-9/h3-7H2,1-2H3. The highest BCUT2D eigenvalue weighted by Gasteiger charge is 2.45. The van der Waals surface area contributed by atoms with E-state index in [-0.39, 0.29) is 4.87 Å². The first-order valence-electron chi connectivity index (χ1n) is 4.74. The molecule has 4 heteroatoms. The van der Waals surface area contributed by atoms with E-state index in [1.807, 2.05) is 0 Å². The SMILES string of the molecule is CN1CCCC2(C1)SC(=O)CN2C. The normalized spacial score (nSPS) is 37.5. The van der Waals surface area contributed by atoms with Gasteiger partial charge < -0.3 is 4.90 Å². The van der Waals surface area contributed by atoms with Gasteiger partial charge in [-0.25, -0.2) is 0 Å². The number of rotatable bonds is 0. The molecule has 74 valence electrons. The van der Waals surface area contributed by atoms with E-state index in [1.165, 1.54) is 13.0 Å². The first-order chi connectivity index (χ1) is 6.12. The van der Waals surface area contributed by atoms with Crippen LogP contribution < -0.4 is 0 Å². The van der Waals surface area contributed by atoms with Crippen molar-refractivity contribution in [1.82, 2.24) is 9.80 Å². The topological polar surface area (TPSA) is 23.6 Å². The molecule has 0 aliphatic carbocycles. The van der Waals surface area contributed by atoms with Crippen LogP contribution in [0.1, 0.15) is 12.8 Å². The van der Waals surface area contributed by atoms with Gasteiger partial charge in [0.25, 0.3) is 0 Å². The molecule has 2 fully saturated rings. The van der Waals surface area contributed by atoms with Crippen molar-refractivity contribution in [3.05, 3.63) is 0 Å². The molecule has 13 heavy (non-hydrogen) atoms. The van der Waals surface area contributed by atoms with E-state index >= 15 is 0 Å². The molecule has 2 saturated heterocycles. The Morgan fingerprint density at radius 3 is 2.77 bits per heavy atom. The third-order valence-corrected chi connectivity index (χ3v) is 4.37. The monoisotopic (exact) mass is 200 g/mol. The maximum Gasteiger partial charge on any atom is 0.204 e. The minimum Gasteiger partial charge on any atom is -0.304 e. The lowest BCUT2D eigenvalue weighted by Crippen LogP contribution is -2.51. The average molecular weight is 200 g/mol. The van der Waals surface area contributed by atoms with Crippen LogP contribution in [-0.2, 0) is 4.79 Å². The molecular weight excluding hydrogens is 184 g/mol. The van der Waals surface area contributed by atoms with Crippen molar-refractivity contribution in [3.63, 3.8) is 0 Å². The zero-order chi connectivity index (χ0) is 9.47. The molecule has 2 rings (SSSR count). The van der Waals surface area contributed by atoms with Crippen LogP contribution in [-0.4, -0.2) is 53.5 Å². The van der Waals surface area contributed by atoms with Gasteiger partial charge in [-0.05, 0) is 33.5 Å². The first-order valence-corrected chi connectivity index (χ1v) is 5.56. The molecule has 2 aliphatic heterocycles. The molecule has 0 N–H and O–H groups in total. The van der Waals surface area contributed by atoms with Crippen molar-refractivity contribution >= 4 is 16.9 Å². The number of carbonyl (C=O) groups is 1. The van der Waals surface area contributed by atoms with Crippen molar-refractivity contribution in [2.24, 2.45) is 0 Å². The molecular formula is C9H16N2OS. The van der Waals surface area contributed by atoms with Crippen molar-refractivity contribution in [1.29, 1.82) is 0 Å². The Morgan fingerprint density at radius 1 is 1.46 bits per heavy atom. The number of likely N-dealkylation sites (tertiary alicyclic amines) is 1. The fraction of sp³-hybridized carbons (Fsp3) is 0.889. The second-order valence-electron chi connectivity index (χ2n) is 4.12. The molecule has 2 aliphatic rings. The van der Waals surface area contributed by atoms with Gasteiger partial charge in [-0.1, -0.05) is 11.8 Å². The molecule has 3 nitrogen and oxygen atoms in total. The number of nitrogens with zero attached hydrogens (tertiary/aromatic N) is 2. The molecule has 0 radical (unpaired) electrons. The van der Waals surface area contributed by atoms with E-state index in [1.54, 1.807) is 11.8 Å². The predicted octanol–water partition coefficient (Wildman–Crippen LogP) is 0.613. The summed E-state index contributed by atoms with van der Waals surface area (Å²) in [5.41, 5.74) is 0. The van der Waals surface area contributed by atoms with Gasteiger partial charge >= 0.3 is 0 Å². The Balaban J connectivity index is 2.14. The van der Waals surface area contributed by atoms with Crippen LogP contribution in [0.25, 0.3) is 0 Å². The number of carbonyl (C=O) groups excluding carboxylic acids is 1. The van der Waals surface area contributed by atoms with E-state index in [2.05, 4.69) is 23.9 Å². The van der Waals surface area contributed by atoms with Gasteiger partial charge in [-0.2, -0.15) is 0 Å². The first kappa shape index (κ1) is 9.49. The van der Waals surface area contributed by atoms with E-state index in [9.17, 15) is 4.79 Å². The van der Waals surface area contributed by atoms with Crippen LogP contribution in [0.5, 0.6) is 0 Å². The van der Waals surface area contributed by atoms with E-state index < -0.39 is 0 Å². The maximum atomic E-state index is 11.3. The minimum absolute atomic E-state index is 0.101. The van der Waals surface area contributed by atoms with E-state index in [0.29, 0.717) is 11.7 Å². The summed E-state index contributed by atoms with van der Waals surface area (Å²) < 4.78 is 0. The third-order valence-electron chi connectivity index (χ3n) is 2.99. The summed E-state index contributed by atoms with van der Waals surface area (Å²) in [5.74, 6) is 0. The molecule has 1 atom stereocenters. The van der Waals surface area contributed by atoms with Gasteiger partial charge in [-0.3, -0.25) is 9.69 Å². The van der Waals surface area contributed by atoms with Gasteiger partial charge in [0.05, 0.1) is 11.4 Å². The van der Waals surface area contributed by atoms with E-state index in [0.717, 1.165) is 13.0 Å². The minimum atomic E-state index is 0.101. The highest BCUT2D eigenvalue weighted by molar-refractivity contribution is 8.15. The number of likely N-dealkylation sites (N-methyl/N-ethyl adjacent to an activating group) is 2. The highest BCUT2D eigenvalue weighted by Crippen LogP contribution is 2.41. The summed E-state index contributed by atoms with van der Waals surface area (Å²) in [6.07, 6.45) is 2.37. The number of piperidine rings is 1. The fourth-order valence-corrected chi connectivity index (χ4v) is 3.69. The van der Waals surface area contributed by atoms with Gasteiger partial charge in [0, 0.05) is 6.54 Å². The third kappa shape index (κ3) is 1.63. The van der Waals surface area contributed by atoms with Gasteiger partial charge in [0.1, 0.15) is 0 Å². The highest BCUT2D eigenvalue weighted by atomic mass is 32.2. The summed E-state index contributed by atoms with van der Waals surface area (Å²) in [6.45, 7) is 2.82. The van der Waals surface area contributed by atoms with Crippen LogP contribution in [0.2, 0.25) is 0 Å². The Kier molecular flexibility index (Phi) is 2.38. The number of hydrogen-bond acceptors (Lipinski definition) is 4. The van der Waals surface area contributed by atoms with Gasteiger partial charge in [0.15, 0.2) is 0 Å². The lowest BCUT2D eigenvalue weighted by atomic mass is 10.0. The molecule has 0 amide bonds. The molecule has 2 heterocycles. The van der Waals surface area contributed by atoms with Crippen LogP contribution in [0.4, 0.5) is 0 Å². The quantitative estimate of drug-likeness (QED) is 0.572. The van der Waals surface area contributed by atoms with Crippen LogP contribution >= 0.6 is 11.8 Å². The van der Waals surface area contributed by atoms with Crippen LogP contribution in [0.3, 0.4) is 0 Å². The average Bonchev–Trinajstić information content (AvgIpc) is 2.26. The lowest BCUT2D eigenvalue weighted by Gasteiger charge is -2.41. The second kappa shape index (κ2) is 3.26. The zero-order valence-electron chi connectivity index (χ0n) is 8.25. The molecule has 1 unspecified atom stereocenters. The molecule has 0 aromatic carbocycles. The second-order valence-corrected chi connectivity index (χ2v) is 5.54. The largest absolute Gasteiger partial charge is 0.304 e. The summed E-state index contributed by atoms with van der Waals surface area (Å²) in [7, 11) is 4.20. The summed E-state index contributed by atoms with van der Waals surface area (Å²) in [4.78, 5) is 16.0. The molecule has 0 bridgehead atoms. The molecule has 0 saturated carbocycles. The fourth-order valence-electron chi connectivity index (χ4n) is 2.26. The van der Waals surface area contributed by atoms with Crippen molar-refractivity contribution in [2.45, 2.75) is 17.7 Å². The number of hydrogen-bond donors (Lipinski definition) is 0. The number of thioether (sulfide) groups is 1. The van der Waals surface area contributed by atoms with Gasteiger partial charge in [-0.15, -0.1) is 0 Å². The van der Waals surface area contributed by atoms with E-state index in [4.69, 9.17) is 0 Å². The summed E-state index contributed by atoms with van der Waals surface area (Å²) >= 11 is 1.55. The predicted molar refractivity (Wildman–Crippen MR) is 54.7 cm³/mol. The molecule has 0 aromatic rings. The molecule has 0 aromatic heterocycles. The Morgan fingerprint density at radius 2 is 2.23 bits per heavy atom. The van der Waals surface area contributed by atoms with Crippen LogP contribution in [0, 0.1) is 0 Å². The van der Waals surface area contributed by atoms with Crippen molar-refractivity contribution in [3.8, 4) is 0 Å². The Labute approximate surface area is 83.5 Å². The Bertz CT molecular complexity index is 234. The summed E-state index contributed by atoms with van der Waals surface area (Å²) in [5, 5.41) is 0.331. The maximum absolute atomic E-state index is 11.3. The lowest BCUT2D eigenvalue weighted by molar-refractivity contribution is -0.111. The van der Waals surface area contributed by atoms with Crippen molar-refractivity contribution in [2.75, 3.05) is 33.7 Å². The summed E-state index contributed by atoms with van der Waals surface area (Å²) in [6, 6.07) is 0. The van der Waals surface area contributed by atoms with Crippen LogP contribution in [0.15, 0.2) is 0 Å². The zero-order valence-corrected chi connectivity index (χ0v) is 9.06.